The summed E-state index contributed by atoms with van der Waals surface area (Å²) in [5.41, 5.74) is 2.41. The molecule has 1 N–H and O–H groups in total. The highest BCUT2D eigenvalue weighted by atomic mass is 16.1. The molecule has 5 heteroatoms. The molecule has 4 rings (SSSR count). The SMILES string of the molecule is O=C(Nc1cn2ccccc2n1)c1ccc(-n2cccc2)cc1. The third-order valence-electron chi connectivity index (χ3n) is 3.64. The van der Waals surface area contributed by atoms with E-state index in [-0.39, 0.29) is 5.91 Å². The van der Waals surface area contributed by atoms with Crippen LogP contribution in [0.2, 0.25) is 0 Å². The van der Waals surface area contributed by atoms with Crippen LogP contribution in [-0.4, -0.2) is 19.9 Å². The maximum atomic E-state index is 12.3. The average Bonchev–Trinajstić information content (AvgIpc) is 3.24. The summed E-state index contributed by atoms with van der Waals surface area (Å²) >= 11 is 0. The van der Waals surface area contributed by atoms with E-state index in [1.807, 2.05) is 70.0 Å². The van der Waals surface area contributed by atoms with Gasteiger partial charge in [0.25, 0.3) is 5.91 Å². The topological polar surface area (TPSA) is 51.3 Å². The van der Waals surface area contributed by atoms with Crippen molar-refractivity contribution >= 4 is 17.4 Å². The Kier molecular flexibility index (Phi) is 3.16. The number of nitrogens with zero attached hydrogens (tertiary/aromatic N) is 3. The highest BCUT2D eigenvalue weighted by Crippen LogP contribution is 2.13. The van der Waals surface area contributed by atoms with E-state index in [0.717, 1.165) is 11.3 Å². The van der Waals surface area contributed by atoms with Crippen LogP contribution in [0.5, 0.6) is 0 Å². The molecule has 3 heterocycles. The molecular weight excluding hydrogens is 288 g/mol. The smallest absolute Gasteiger partial charge is 0.256 e. The van der Waals surface area contributed by atoms with E-state index in [0.29, 0.717) is 11.4 Å². The number of nitrogens with one attached hydrogen (secondary N) is 1. The van der Waals surface area contributed by atoms with Crippen molar-refractivity contribution in [2.24, 2.45) is 0 Å². The Morgan fingerprint density at radius 2 is 1.65 bits per heavy atom. The molecule has 0 radical (unpaired) electrons. The summed E-state index contributed by atoms with van der Waals surface area (Å²) in [6.45, 7) is 0. The number of benzene rings is 1. The summed E-state index contributed by atoms with van der Waals surface area (Å²) in [5, 5.41) is 2.82. The van der Waals surface area contributed by atoms with Crippen molar-refractivity contribution in [3.63, 3.8) is 0 Å². The number of hydrogen-bond acceptors (Lipinski definition) is 2. The van der Waals surface area contributed by atoms with E-state index in [1.165, 1.54) is 0 Å². The Morgan fingerprint density at radius 1 is 0.913 bits per heavy atom. The van der Waals surface area contributed by atoms with Crippen molar-refractivity contribution in [1.29, 1.82) is 0 Å². The van der Waals surface area contributed by atoms with Gasteiger partial charge in [-0.2, -0.15) is 0 Å². The van der Waals surface area contributed by atoms with Crippen LogP contribution in [0.25, 0.3) is 11.3 Å². The molecule has 3 aromatic heterocycles. The first kappa shape index (κ1) is 13.3. The summed E-state index contributed by atoms with van der Waals surface area (Å²) in [6, 6.07) is 17.1. The van der Waals surface area contributed by atoms with Crippen LogP contribution >= 0.6 is 0 Å². The van der Waals surface area contributed by atoms with Crippen LogP contribution in [0.15, 0.2) is 79.4 Å². The zero-order chi connectivity index (χ0) is 15.6. The molecule has 0 saturated heterocycles. The maximum absolute atomic E-state index is 12.3. The summed E-state index contributed by atoms with van der Waals surface area (Å²) in [7, 11) is 0. The summed E-state index contributed by atoms with van der Waals surface area (Å²) < 4.78 is 3.86. The van der Waals surface area contributed by atoms with Gasteiger partial charge in [0.15, 0.2) is 5.82 Å². The summed E-state index contributed by atoms with van der Waals surface area (Å²) in [6.07, 6.45) is 7.61. The second-order valence-corrected chi connectivity index (χ2v) is 5.18. The lowest BCUT2D eigenvalue weighted by Crippen LogP contribution is -2.12. The molecule has 0 unspecified atom stereocenters. The molecule has 0 aliphatic heterocycles. The van der Waals surface area contributed by atoms with Gasteiger partial charge in [0.2, 0.25) is 0 Å². The number of imidazole rings is 1. The average molecular weight is 302 g/mol. The number of fused-ring (bicyclic) bond motifs is 1. The molecule has 1 aromatic carbocycles. The van der Waals surface area contributed by atoms with Crippen molar-refractivity contribution < 1.29 is 4.79 Å². The molecule has 23 heavy (non-hydrogen) atoms. The number of hydrogen-bond donors (Lipinski definition) is 1. The Balaban J connectivity index is 1.54. The van der Waals surface area contributed by atoms with Gasteiger partial charge in [-0.3, -0.25) is 4.79 Å². The van der Waals surface area contributed by atoms with Gasteiger partial charge in [-0.25, -0.2) is 4.98 Å². The van der Waals surface area contributed by atoms with Gasteiger partial charge in [0.1, 0.15) is 5.65 Å². The quantitative estimate of drug-likeness (QED) is 0.631. The molecule has 112 valence electrons. The van der Waals surface area contributed by atoms with Gasteiger partial charge in [0.05, 0.1) is 6.20 Å². The maximum Gasteiger partial charge on any atom is 0.256 e. The lowest BCUT2D eigenvalue weighted by molar-refractivity contribution is 0.102. The lowest BCUT2D eigenvalue weighted by atomic mass is 10.2. The normalized spacial score (nSPS) is 10.8. The predicted molar refractivity (Wildman–Crippen MR) is 88.9 cm³/mol. The first-order chi connectivity index (χ1) is 11.3. The number of rotatable bonds is 3. The minimum atomic E-state index is -0.174. The number of amides is 1. The third kappa shape index (κ3) is 2.60. The van der Waals surface area contributed by atoms with Gasteiger partial charge in [-0.15, -0.1) is 0 Å². The fourth-order valence-electron chi connectivity index (χ4n) is 2.47. The Hall–Kier alpha value is -3.34. The van der Waals surface area contributed by atoms with Crippen LogP contribution in [0.3, 0.4) is 0 Å². The number of aromatic nitrogens is 3. The fraction of sp³-hybridized carbons (Fsp3) is 0. The van der Waals surface area contributed by atoms with Crippen molar-refractivity contribution in [2.45, 2.75) is 0 Å². The highest BCUT2D eigenvalue weighted by Gasteiger charge is 2.09. The van der Waals surface area contributed by atoms with Crippen LogP contribution in [0.1, 0.15) is 10.4 Å². The van der Waals surface area contributed by atoms with E-state index in [1.54, 1.807) is 18.3 Å². The summed E-state index contributed by atoms with van der Waals surface area (Å²) in [5.74, 6) is 0.364. The zero-order valence-corrected chi connectivity index (χ0v) is 12.3. The molecule has 0 spiro atoms. The van der Waals surface area contributed by atoms with Crippen LogP contribution in [0.4, 0.5) is 5.82 Å². The van der Waals surface area contributed by atoms with Gasteiger partial charge in [-0.05, 0) is 48.5 Å². The van der Waals surface area contributed by atoms with Crippen molar-refractivity contribution in [3.05, 3.63) is 84.9 Å². The molecule has 0 saturated carbocycles. The van der Waals surface area contributed by atoms with Gasteiger partial charge >= 0.3 is 0 Å². The van der Waals surface area contributed by atoms with Gasteiger partial charge in [0, 0.05) is 29.8 Å². The molecule has 0 aliphatic rings. The van der Waals surface area contributed by atoms with E-state index in [4.69, 9.17) is 0 Å². The molecule has 1 amide bonds. The summed E-state index contributed by atoms with van der Waals surface area (Å²) in [4.78, 5) is 16.7. The van der Waals surface area contributed by atoms with Crippen molar-refractivity contribution in [1.82, 2.24) is 14.0 Å². The van der Waals surface area contributed by atoms with Gasteiger partial charge in [-0.1, -0.05) is 6.07 Å². The number of carbonyl (C=O) groups is 1. The van der Waals surface area contributed by atoms with Crippen LogP contribution in [0, 0.1) is 0 Å². The lowest BCUT2D eigenvalue weighted by Gasteiger charge is -2.05. The zero-order valence-electron chi connectivity index (χ0n) is 12.3. The van der Waals surface area contributed by atoms with Crippen molar-refractivity contribution in [3.8, 4) is 5.69 Å². The fourth-order valence-corrected chi connectivity index (χ4v) is 2.47. The van der Waals surface area contributed by atoms with E-state index in [2.05, 4.69) is 10.3 Å². The first-order valence-corrected chi connectivity index (χ1v) is 7.28. The van der Waals surface area contributed by atoms with E-state index in [9.17, 15) is 4.79 Å². The minimum absolute atomic E-state index is 0.174. The molecule has 0 aliphatic carbocycles. The monoisotopic (exact) mass is 302 g/mol. The third-order valence-corrected chi connectivity index (χ3v) is 3.64. The van der Waals surface area contributed by atoms with Crippen molar-refractivity contribution in [2.75, 3.05) is 5.32 Å². The van der Waals surface area contributed by atoms with Crippen LogP contribution < -0.4 is 5.32 Å². The molecule has 4 aromatic rings. The second-order valence-electron chi connectivity index (χ2n) is 5.18. The Bertz CT molecular complexity index is 919. The molecule has 0 fully saturated rings. The second kappa shape index (κ2) is 5.46. The molecular formula is C18H14N4O. The van der Waals surface area contributed by atoms with Crippen LogP contribution in [-0.2, 0) is 0 Å². The number of carbonyl (C=O) groups excluding carboxylic acids is 1. The number of pyridine rings is 1. The number of anilines is 1. The Morgan fingerprint density at radius 3 is 2.39 bits per heavy atom. The molecule has 5 nitrogen and oxygen atoms in total. The standard InChI is InChI=1S/C18H14N4O/c23-18(20-16-13-22-12-2-1-5-17(22)19-16)14-6-8-15(9-7-14)21-10-3-4-11-21/h1-13H,(H,20,23). The minimum Gasteiger partial charge on any atom is -0.324 e. The Labute approximate surface area is 132 Å². The molecule has 0 bridgehead atoms. The van der Waals surface area contributed by atoms with E-state index < -0.39 is 0 Å². The van der Waals surface area contributed by atoms with E-state index >= 15 is 0 Å². The highest BCUT2D eigenvalue weighted by molar-refractivity contribution is 6.03. The first-order valence-electron chi connectivity index (χ1n) is 7.28. The largest absolute Gasteiger partial charge is 0.324 e. The molecule has 0 atom stereocenters. The predicted octanol–water partition coefficient (Wildman–Crippen LogP) is 3.38. The van der Waals surface area contributed by atoms with Gasteiger partial charge < -0.3 is 14.3 Å².